The highest BCUT2D eigenvalue weighted by molar-refractivity contribution is 8.00. The number of nitrogens with zero attached hydrogens (tertiary/aromatic N) is 2. The number of carbonyl (C=O) groups is 1. The molecule has 124 valence electrons. The monoisotopic (exact) mass is 343 g/mol. The first-order valence-electron chi connectivity index (χ1n) is 7.45. The molecule has 3 aromatic rings. The Balaban J connectivity index is 1.64. The van der Waals surface area contributed by atoms with Crippen LogP contribution in [0, 0.1) is 13.8 Å². The second-order valence-electron chi connectivity index (χ2n) is 5.42. The van der Waals surface area contributed by atoms with Gasteiger partial charge in [0, 0.05) is 5.69 Å². The van der Waals surface area contributed by atoms with E-state index in [4.69, 9.17) is 8.83 Å². The lowest BCUT2D eigenvalue weighted by Gasteiger charge is -2.12. The minimum atomic E-state index is -0.379. The normalized spacial score (nSPS) is 12.1. The highest BCUT2D eigenvalue weighted by Gasteiger charge is 2.20. The second-order valence-corrected chi connectivity index (χ2v) is 6.71. The van der Waals surface area contributed by atoms with E-state index in [1.54, 1.807) is 19.1 Å². The van der Waals surface area contributed by atoms with Gasteiger partial charge in [-0.2, -0.15) is 0 Å². The number of hydrogen-bond acceptors (Lipinski definition) is 6. The van der Waals surface area contributed by atoms with Crippen LogP contribution >= 0.6 is 11.8 Å². The fourth-order valence-electron chi connectivity index (χ4n) is 2.15. The van der Waals surface area contributed by atoms with Crippen LogP contribution in [0.15, 0.2) is 50.7 Å². The summed E-state index contributed by atoms with van der Waals surface area (Å²) in [5.74, 6) is 0.677. The van der Waals surface area contributed by atoms with Crippen LogP contribution < -0.4 is 5.32 Å². The molecule has 2 heterocycles. The van der Waals surface area contributed by atoms with Gasteiger partial charge in [-0.15, -0.1) is 10.2 Å². The largest absolute Gasteiger partial charge is 0.459 e. The van der Waals surface area contributed by atoms with Crippen molar-refractivity contribution in [3.05, 3.63) is 47.7 Å². The maximum Gasteiger partial charge on any atom is 0.284 e. The summed E-state index contributed by atoms with van der Waals surface area (Å²) in [7, 11) is 0. The van der Waals surface area contributed by atoms with Crippen molar-refractivity contribution in [1.29, 1.82) is 0 Å². The molecule has 1 atom stereocenters. The number of nitrogens with one attached hydrogen (secondary N) is 1. The number of thioether (sulfide) groups is 1. The zero-order valence-corrected chi connectivity index (χ0v) is 14.4. The third-order valence-corrected chi connectivity index (χ3v) is 4.36. The van der Waals surface area contributed by atoms with Crippen molar-refractivity contribution >= 4 is 23.4 Å². The van der Waals surface area contributed by atoms with E-state index in [0.29, 0.717) is 16.9 Å². The van der Waals surface area contributed by atoms with Gasteiger partial charge in [0.05, 0.1) is 11.5 Å². The second kappa shape index (κ2) is 6.92. The molecule has 0 fully saturated rings. The summed E-state index contributed by atoms with van der Waals surface area (Å²) in [6.07, 6.45) is 1.53. The molecule has 0 aliphatic rings. The average molecular weight is 343 g/mol. The molecule has 0 radical (unpaired) electrons. The molecule has 1 N–H and O–H groups in total. The van der Waals surface area contributed by atoms with Gasteiger partial charge in [0.15, 0.2) is 5.76 Å². The van der Waals surface area contributed by atoms with Crippen molar-refractivity contribution in [2.24, 2.45) is 0 Å². The van der Waals surface area contributed by atoms with Crippen LogP contribution in [0.3, 0.4) is 0 Å². The summed E-state index contributed by atoms with van der Waals surface area (Å²) in [5.41, 5.74) is 2.99. The van der Waals surface area contributed by atoms with Crippen molar-refractivity contribution in [2.45, 2.75) is 31.2 Å². The Hall–Kier alpha value is -2.54. The quantitative estimate of drug-likeness (QED) is 0.703. The number of furan rings is 1. The van der Waals surface area contributed by atoms with Gasteiger partial charge in [0.2, 0.25) is 5.91 Å². The molecule has 0 saturated carbocycles. The van der Waals surface area contributed by atoms with E-state index in [0.717, 1.165) is 16.8 Å². The number of hydrogen-bond donors (Lipinski definition) is 1. The molecule has 1 aromatic carbocycles. The topological polar surface area (TPSA) is 81.2 Å². The number of rotatable bonds is 5. The average Bonchev–Trinajstić information content (AvgIpc) is 3.20. The van der Waals surface area contributed by atoms with E-state index < -0.39 is 0 Å². The van der Waals surface area contributed by atoms with Crippen LogP contribution in [0.5, 0.6) is 0 Å². The third-order valence-electron chi connectivity index (χ3n) is 3.43. The lowest BCUT2D eigenvalue weighted by Crippen LogP contribution is -2.22. The van der Waals surface area contributed by atoms with Gasteiger partial charge in [-0.3, -0.25) is 4.79 Å². The van der Waals surface area contributed by atoms with E-state index in [9.17, 15) is 4.79 Å². The standard InChI is InChI=1S/C17H17N3O3S/c1-10-6-7-13(11(2)9-10)18-15(21)12(3)24-17-20-19-16(23-17)14-5-4-8-22-14/h4-9,12H,1-3H3,(H,18,21)/t12-/m1/s1. The highest BCUT2D eigenvalue weighted by Crippen LogP contribution is 2.27. The van der Waals surface area contributed by atoms with Crippen molar-refractivity contribution in [2.75, 3.05) is 5.32 Å². The molecule has 0 unspecified atom stereocenters. The third kappa shape index (κ3) is 3.68. The van der Waals surface area contributed by atoms with Crippen molar-refractivity contribution in [3.63, 3.8) is 0 Å². The van der Waals surface area contributed by atoms with Crippen molar-refractivity contribution in [3.8, 4) is 11.7 Å². The number of anilines is 1. The van der Waals surface area contributed by atoms with Crippen molar-refractivity contribution in [1.82, 2.24) is 10.2 Å². The van der Waals surface area contributed by atoms with Crippen molar-refractivity contribution < 1.29 is 13.6 Å². The van der Waals surface area contributed by atoms with Crippen LogP contribution in [0.25, 0.3) is 11.7 Å². The van der Waals surface area contributed by atoms with Gasteiger partial charge in [-0.25, -0.2) is 0 Å². The number of benzene rings is 1. The molecule has 6 nitrogen and oxygen atoms in total. The van der Waals surface area contributed by atoms with Crippen LogP contribution in [0.4, 0.5) is 5.69 Å². The SMILES string of the molecule is Cc1ccc(NC(=O)[C@@H](C)Sc2nnc(-c3ccco3)o2)c(C)c1. The van der Waals surface area contributed by atoms with E-state index in [1.165, 1.54) is 18.0 Å². The lowest BCUT2D eigenvalue weighted by atomic mass is 10.1. The molecule has 0 aliphatic carbocycles. The Kier molecular flexibility index (Phi) is 4.71. The molecule has 24 heavy (non-hydrogen) atoms. The fraction of sp³-hybridized carbons (Fsp3) is 0.235. The van der Waals surface area contributed by atoms with Crippen LogP contribution in [-0.2, 0) is 4.79 Å². The van der Waals surface area contributed by atoms with E-state index in [-0.39, 0.29) is 11.2 Å². The molecule has 0 aliphatic heterocycles. The van der Waals surface area contributed by atoms with Gasteiger partial charge in [0.1, 0.15) is 0 Å². The smallest absolute Gasteiger partial charge is 0.284 e. The van der Waals surface area contributed by atoms with Crippen LogP contribution in [-0.4, -0.2) is 21.4 Å². The minimum Gasteiger partial charge on any atom is -0.459 e. The maximum absolute atomic E-state index is 12.3. The summed E-state index contributed by atoms with van der Waals surface area (Å²) < 4.78 is 10.7. The summed E-state index contributed by atoms with van der Waals surface area (Å²) in [6, 6.07) is 9.38. The zero-order chi connectivity index (χ0) is 17.1. The molecule has 7 heteroatoms. The fourth-order valence-corrected chi connectivity index (χ4v) is 2.83. The minimum absolute atomic E-state index is 0.121. The molecule has 0 spiro atoms. The first kappa shape index (κ1) is 16.3. The number of aromatic nitrogens is 2. The highest BCUT2D eigenvalue weighted by atomic mass is 32.2. The number of aryl methyl sites for hydroxylation is 2. The Bertz CT molecular complexity index is 843. The van der Waals surface area contributed by atoms with Gasteiger partial charge < -0.3 is 14.2 Å². The number of amides is 1. The van der Waals surface area contributed by atoms with Crippen LogP contribution in [0.2, 0.25) is 0 Å². The molecule has 3 rings (SSSR count). The molecule has 0 bridgehead atoms. The Morgan fingerprint density at radius 2 is 2.08 bits per heavy atom. The Labute approximate surface area is 143 Å². The predicted octanol–water partition coefficient (Wildman–Crippen LogP) is 4.07. The molecule has 2 aromatic heterocycles. The first-order valence-corrected chi connectivity index (χ1v) is 8.33. The van der Waals surface area contributed by atoms with E-state index >= 15 is 0 Å². The molecular formula is C17H17N3O3S. The Morgan fingerprint density at radius 1 is 1.25 bits per heavy atom. The summed E-state index contributed by atoms with van der Waals surface area (Å²) in [4.78, 5) is 12.3. The maximum atomic E-state index is 12.3. The Morgan fingerprint density at radius 3 is 2.79 bits per heavy atom. The lowest BCUT2D eigenvalue weighted by molar-refractivity contribution is -0.115. The zero-order valence-electron chi connectivity index (χ0n) is 13.6. The summed E-state index contributed by atoms with van der Waals surface area (Å²) in [6.45, 7) is 5.78. The van der Waals surface area contributed by atoms with Gasteiger partial charge in [-0.1, -0.05) is 29.5 Å². The van der Waals surface area contributed by atoms with Gasteiger partial charge >= 0.3 is 0 Å². The molecule has 0 saturated heterocycles. The summed E-state index contributed by atoms with van der Waals surface area (Å²) >= 11 is 1.20. The summed E-state index contributed by atoms with van der Waals surface area (Å²) in [5, 5.41) is 10.7. The predicted molar refractivity (Wildman–Crippen MR) is 91.9 cm³/mol. The van der Waals surface area contributed by atoms with Gasteiger partial charge in [-0.05, 0) is 44.5 Å². The number of carbonyl (C=O) groups excluding carboxylic acids is 1. The van der Waals surface area contributed by atoms with E-state index in [1.807, 2.05) is 32.0 Å². The first-order chi connectivity index (χ1) is 11.5. The van der Waals surface area contributed by atoms with Gasteiger partial charge in [0.25, 0.3) is 11.1 Å². The molecular weight excluding hydrogens is 326 g/mol. The molecule has 1 amide bonds. The van der Waals surface area contributed by atoms with Crippen LogP contribution in [0.1, 0.15) is 18.1 Å². The van der Waals surface area contributed by atoms with E-state index in [2.05, 4.69) is 15.5 Å².